The van der Waals surface area contributed by atoms with Gasteiger partial charge in [-0.2, -0.15) is 0 Å². The zero-order valence-corrected chi connectivity index (χ0v) is 14.9. The first-order valence-corrected chi connectivity index (χ1v) is 8.58. The minimum Gasteiger partial charge on any atom is -0.487 e. The first-order valence-electron chi connectivity index (χ1n) is 7.79. The average Bonchev–Trinajstić information content (AvgIpc) is 2.43. The topological polar surface area (TPSA) is 30.5 Å². The van der Waals surface area contributed by atoms with E-state index in [-0.39, 0.29) is 12.2 Å². The predicted molar refractivity (Wildman–Crippen MR) is 90.1 cm³/mol. The third-order valence-electron chi connectivity index (χ3n) is 4.05. The highest BCUT2D eigenvalue weighted by atomic mass is 79.9. The maximum atomic E-state index is 6.23. The normalized spacial score (nSPS) is 25.0. The molecule has 21 heavy (non-hydrogen) atoms. The molecule has 1 aromatic rings. The third kappa shape index (κ3) is 3.99. The van der Waals surface area contributed by atoms with Crippen molar-refractivity contribution in [2.75, 3.05) is 13.7 Å². The van der Waals surface area contributed by atoms with Gasteiger partial charge in [0.2, 0.25) is 0 Å². The summed E-state index contributed by atoms with van der Waals surface area (Å²) in [6.07, 6.45) is 2.43. The number of hydrogen-bond acceptors (Lipinski definition) is 3. The summed E-state index contributed by atoms with van der Waals surface area (Å²) in [5.74, 6) is 1.42. The van der Waals surface area contributed by atoms with Gasteiger partial charge < -0.3 is 14.8 Å². The van der Waals surface area contributed by atoms with Crippen molar-refractivity contribution in [1.29, 1.82) is 0 Å². The van der Waals surface area contributed by atoms with Gasteiger partial charge in [0, 0.05) is 24.0 Å². The highest BCUT2D eigenvalue weighted by Gasteiger charge is 2.43. The summed E-state index contributed by atoms with van der Waals surface area (Å²) in [5, 5.41) is 3.52. The van der Waals surface area contributed by atoms with Crippen LogP contribution in [0.3, 0.4) is 0 Å². The first-order chi connectivity index (χ1) is 10.1. The fourth-order valence-electron chi connectivity index (χ4n) is 2.78. The molecule has 0 bridgehead atoms. The van der Waals surface area contributed by atoms with Crippen molar-refractivity contribution in [3.05, 3.63) is 28.2 Å². The summed E-state index contributed by atoms with van der Waals surface area (Å²) < 4.78 is 12.9. The van der Waals surface area contributed by atoms with Gasteiger partial charge in [-0.05, 0) is 42.6 Å². The fraction of sp³-hybridized carbons (Fsp3) is 0.647. The van der Waals surface area contributed by atoms with Crippen molar-refractivity contribution in [2.45, 2.75) is 57.8 Å². The molecule has 1 fully saturated rings. The standard InChI is InChI=1S/C17H26BrNO2/c1-5-8-19-14-10-16(17(14)20-4)21-15-7-6-12(18)9-13(15)11(2)3/h6-7,9,11,14,16-17,19H,5,8,10H2,1-4H3. The second-order valence-corrected chi connectivity index (χ2v) is 6.91. The molecule has 1 N–H and O–H groups in total. The van der Waals surface area contributed by atoms with Crippen LogP contribution in [-0.4, -0.2) is 31.9 Å². The van der Waals surface area contributed by atoms with E-state index >= 15 is 0 Å². The van der Waals surface area contributed by atoms with E-state index in [2.05, 4.69) is 54.2 Å². The van der Waals surface area contributed by atoms with Crippen LogP contribution in [0.1, 0.15) is 45.1 Å². The molecule has 1 aliphatic carbocycles. The largest absolute Gasteiger partial charge is 0.487 e. The Balaban J connectivity index is 2.02. The lowest BCUT2D eigenvalue weighted by molar-refractivity contribution is -0.0890. The molecular weight excluding hydrogens is 330 g/mol. The van der Waals surface area contributed by atoms with E-state index in [9.17, 15) is 0 Å². The smallest absolute Gasteiger partial charge is 0.128 e. The predicted octanol–water partition coefficient (Wildman–Crippen LogP) is 4.11. The second-order valence-electron chi connectivity index (χ2n) is 5.99. The molecule has 0 heterocycles. The number of benzene rings is 1. The van der Waals surface area contributed by atoms with Crippen LogP contribution in [0, 0.1) is 0 Å². The lowest BCUT2D eigenvalue weighted by atomic mass is 9.85. The van der Waals surface area contributed by atoms with E-state index in [0.29, 0.717) is 12.0 Å². The second kappa shape index (κ2) is 7.61. The molecule has 0 saturated heterocycles. The molecule has 118 valence electrons. The summed E-state index contributed by atoms with van der Waals surface area (Å²) >= 11 is 3.54. The molecule has 1 aromatic carbocycles. The van der Waals surface area contributed by atoms with Crippen LogP contribution >= 0.6 is 15.9 Å². The fourth-order valence-corrected chi connectivity index (χ4v) is 3.16. The van der Waals surface area contributed by atoms with Gasteiger partial charge in [-0.1, -0.05) is 36.7 Å². The highest BCUT2D eigenvalue weighted by molar-refractivity contribution is 9.10. The first kappa shape index (κ1) is 16.8. The molecule has 3 nitrogen and oxygen atoms in total. The lowest BCUT2D eigenvalue weighted by Crippen LogP contribution is -2.61. The van der Waals surface area contributed by atoms with Crippen LogP contribution < -0.4 is 10.1 Å². The van der Waals surface area contributed by atoms with Gasteiger partial charge in [-0.25, -0.2) is 0 Å². The Labute approximate surface area is 136 Å². The zero-order valence-electron chi connectivity index (χ0n) is 13.4. The van der Waals surface area contributed by atoms with Gasteiger partial charge in [-0.15, -0.1) is 0 Å². The van der Waals surface area contributed by atoms with Gasteiger partial charge in [0.25, 0.3) is 0 Å². The number of methoxy groups -OCH3 is 1. The quantitative estimate of drug-likeness (QED) is 0.798. The van der Waals surface area contributed by atoms with Crippen molar-refractivity contribution in [3.63, 3.8) is 0 Å². The van der Waals surface area contributed by atoms with Crippen LogP contribution in [0.2, 0.25) is 0 Å². The number of hydrogen-bond donors (Lipinski definition) is 1. The van der Waals surface area contributed by atoms with E-state index in [1.54, 1.807) is 7.11 Å². The molecule has 1 saturated carbocycles. The van der Waals surface area contributed by atoms with Crippen LogP contribution in [0.15, 0.2) is 22.7 Å². The Morgan fingerprint density at radius 1 is 1.38 bits per heavy atom. The summed E-state index contributed by atoms with van der Waals surface area (Å²) in [6, 6.07) is 6.65. The van der Waals surface area contributed by atoms with Gasteiger partial charge >= 0.3 is 0 Å². The van der Waals surface area contributed by atoms with Gasteiger partial charge in [0.05, 0.1) is 0 Å². The minimum atomic E-state index is 0.139. The molecular formula is C17H26BrNO2. The van der Waals surface area contributed by atoms with Gasteiger partial charge in [0.15, 0.2) is 0 Å². The van der Waals surface area contributed by atoms with Crippen LogP contribution in [0.4, 0.5) is 0 Å². The molecule has 0 spiro atoms. The van der Waals surface area contributed by atoms with Crippen molar-refractivity contribution in [2.24, 2.45) is 0 Å². The summed E-state index contributed by atoms with van der Waals surface area (Å²) in [6.45, 7) is 7.59. The summed E-state index contributed by atoms with van der Waals surface area (Å²) in [7, 11) is 1.77. The Morgan fingerprint density at radius 2 is 2.14 bits per heavy atom. The highest BCUT2D eigenvalue weighted by Crippen LogP contribution is 2.34. The molecule has 0 aliphatic heterocycles. The number of halogens is 1. The third-order valence-corrected chi connectivity index (χ3v) is 4.54. The molecule has 0 amide bonds. The van der Waals surface area contributed by atoms with E-state index in [4.69, 9.17) is 9.47 Å². The van der Waals surface area contributed by atoms with E-state index in [1.807, 2.05) is 6.07 Å². The van der Waals surface area contributed by atoms with E-state index in [1.165, 1.54) is 5.56 Å². The molecule has 4 heteroatoms. The van der Waals surface area contributed by atoms with Crippen LogP contribution in [0.25, 0.3) is 0 Å². The average molecular weight is 356 g/mol. The Kier molecular flexibility index (Phi) is 6.08. The minimum absolute atomic E-state index is 0.139. The summed E-state index contributed by atoms with van der Waals surface area (Å²) in [5.41, 5.74) is 1.24. The van der Waals surface area contributed by atoms with E-state index < -0.39 is 0 Å². The maximum Gasteiger partial charge on any atom is 0.128 e. The molecule has 0 aromatic heterocycles. The zero-order chi connectivity index (χ0) is 15.4. The monoisotopic (exact) mass is 355 g/mol. The van der Waals surface area contributed by atoms with Crippen LogP contribution in [0.5, 0.6) is 5.75 Å². The molecule has 3 unspecified atom stereocenters. The van der Waals surface area contributed by atoms with Crippen molar-refractivity contribution in [1.82, 2.24) is 5.32 Å². The number of ether oxygens (including phenoxy) is 2. The number of rotatable bonds is 7. The molecule has 2 rings (SSSR count). The summed E-state index contributed by atoms with van der Waals surface area (Å²) in [4.78, 5) is 0. The Hall–Kier alpha value is -0.580. The van der Waals surface area contributed by atoms with Crippen molar-refractivity contribution < 1.29 is 9.47 Å². The lowest BCUT2D eigenvalue weighted by Gasteiger charge is -2.44. The Bertz CT molecular complexity index is 464. The van der Waals surface area contributed by atoms with Crippen molar-refractivity contribution in [3.8, 4) is 5.75 Å². The van der Waals surface area contributed by atoms with Crippen LogP contribution in [-0.2, 0) is 4.74 Å². The molecule has 1 aliphatic rings. The van der Waals surface area contributed by atoms with Crippen molar-refractivity contribution >= 4 is 15.9 Å². The molecule has 3 atom stereocenters. The SMILES string of the molecule is CCCNC1CC(Oc2ccc(Br)cc2C(C)C)C1OC. The van der Waals surface area contributed by atoms with E-state index in [0.717, 1.165) is 29.6 Å². The van der Waals surface area contributed by atoms with Gasteiger partial charge in [-0.3, -0.25) is 0 Å². The Morgan fingerprint density at radius 3 is 2.76 bits per heavy atom. The number of nitrogens with one attached hydrogen (secondary N) is 1. The molecule has 0 radical (unpaired) electrons. The van der Waals surface area contributed by atoms with Gasteiger partial charge in [0.1, 0.15) is 18.0 Å². The maximum absolute atomic E-state index is 6.23.